The Morgan fingerprint density at radius 2 is 1.97 bits per heavy atom. The van der Waals surface area contributed by atoms with Crippen LogP contribution in [0.15, 0.2) is 48.9 Å². The number of carbonyl (C=O) groups is 1. The van der Waals surface area contributed by atoms with Crippen molar-refractivity contribution >= 4 is 5.91 Å². The van der Waals surface area contributed by atoms with Crippen molar-refractivity contribution in [3.05, 3.63) is 77.4 Å². The van der Waals surface area contributed by atoms with Gasteiger partial charge >= 0.3 is 0 Å². The Labute approximate surface area is 182 Å². The lowest BCUT2D eigenvalue weighted by Gasteiger charge is -2.36. The summed E-state index contributed by atoms with van der Waals surface area (Å²) in [4.78, 5) is 28.6. The molecule has 1 aromatic carbocycles. The highest BCUT2D eigenvalue weighted by molar-refractivity contribution is 5.78. The zero-order valence-electron chi connectivity index (χ0n) is 18.0. The van der Waals surface area contributed by atoms with E-state index in [1.165, 1.54) is 6.07 Å². The van der Waals surface area contributed by atoms with E-state index < -0.39 is 0 Å². The van der Waals surface area contributed by atoms with Gasteiger partial charge in [-0.15, -0.1) is 0 Å². The fourth-order valence-corrected chi connectivity index (χ4v) is 4.33. The summed E-state index contributed by atoms with van der Waals surface area (Å²) in [7, 11) is 0. The van der Waals surface area contributed by atoms with Gasteiger partial charge in [0, 0.05) is 37.1 Å². The topological polar surface area (TPSA) is 59.0 Å². The number of pyridine rings is 1. The maximum Gasteiger partial charge on any atom is 0.223 e. The van der Waals surface area contributed by atoms with Gasteiger partial charge in [0.1, 0.15) is 11.6 Å². The molecule has 31 heavy (non-hydrogen) atoms. The van der Waals surface area contributed by atoms with Gasteiger partial charge in [0.05, 0.1) is 11.7 Å². The molecule has 5 nitrogen and oxygen atoms in total. The molecule has 1 fully saturated rings. The van der Waals surface area contributed by atoms with Crippen LogP contribution >= 0.6 is 0 Å². The van der Waals surface area contributed by atoms with Crippen LogP contribution in [-0.4, -0.2) is 32.3 Å². The molecule has 1 aliphatic heterocycles. The Hall–Kier alpha value is -3.15. The maximum absolute atomic E-state index is 14.0. The molecule has 2 aromatic heterocycles. The molecule has 0 unspecified atom stereocenters. The monoisotopic (exact) mass is 418 g/mol. The van der Waals surface area contributed by atoms with Gasteiger partial charge in [0.25, 0.3) is 0 Å². The largest absolute Gasteiger partial charge is 0.334 e. The number of likely N-dealkylation sites (tertiary alicyclic amines) is 1. The zero-order chi connectivity index (χ0) is 21.8. The maximum atomic E-state index is 14.0. The number of rotatable bonds is 5. The van der Waals surface area contributed by atoms with Crippen molar-refractivity contribution in [2.24, 2.45) is 0 Å². The molecular weight excluding hydrogens is 391 g/mol. The van der Waals surface area contributed by atoms with E-state index >= 15 is 0 Å². The highest BCUT2D eigenvalue weighted by atomic mass is 19.1. The van der Waals surface area contributed by atoms with E-state index in [1.807, 2.05) is 37.2 Å². The predicted molar refractivity (Wildman–Crippen MR) is 118 cm³/mol. The lowest BCUT2D eigenvalue weighted by Crippen LogP contribution is -2.39. The standard InChI is InChI=1S/C25H27FN4O/c1-17-15-27-13-12-20(17)21-16-28-18(2)29-25(21)23-9-5-6-14-30(23)24(31)11-10-19-7-3-4-8-22(19)26/h3-4,7-8,12-13,15-16,23H,5-6,9-11,14H2,1-2H3/t23-/m0/s1. The summed E-state index contributed by atoms with van der Waals surface area (Å²) in [5.41, 5.74) is 4.50. The summed E-state index contributed by atoms with van der Waals surface area (Å²) in [6.07, 6.45) is 9.01. The van der Waals surface area contributed by atoms with Crippen LogP contribution in [0.1, 0.15) is 54.4 Å². The number of benzene rings is 1. The average Bonchev–Trinajstić information content (AvgIpc) is 2.79. The van der Waals surface area contributed by atoms with E-state index in [0.29, 0.717) is 24.4 Å². The second kappa shape index (κ2) is 9.33. The number of piperidine rings is 1. The Morgan fingerprint density at radius 3 is 2.77 bits per heavy atom. The molecule has 0 bridgehead atoms. The summed E-state index contributed by atoms with van der Waals surface area (Å²) in [6, 6.07) is 8.53. The van der Waals surface area contributed by atoms with Crippen LogP contribution in [0.3, 0.4) is 0 Å². The number of aryl methyl sites for hydroxylation is 3. The lowest BCUT2D eigenvalue weighted by molar-refractivity contribution is -0.135. The number of carbonyl (C=O) groups excluding carboxylic acids is 1. The molecule has 6 heteroatoms. The third-order valence-electron chi connectivity index (χ3n) is 5.95. The third kappa shape index (κ3) is 4.63. The first-order chi connectivity index (χ1) is 15.0. The molecule has 0 aliphatic carbocycles. The Morgan fingerprint density at radius 1 is 1.13 bits per heavy atom. The summed E-state index contributed by atoms with van der Waals surface area (Å²) in [5, 5.41) is 0. The number of halogens is 1. The molecule has 1 aliphatic rings. The summed E-state index contributed by atoms with van der Waals surface area (Å²) in [6.45, 7) is 4.59. The van der Waals surface area contributed by atoms with Crippen molar-refractivity contribution < 1.29 is 9.18 Å². The van der Waals surface area contributed by atoms with Gasteiger partial charge in [-0.25, -0.2) is 14.4 Å². The predicted octanol–water partition coefficient (Wildman–Crippen LogP) is 4.98. The fourth-order valence-electron chi connectivity index (χ4n) is 4.33. The van der Waals surface area contributed by atoms with Crippen molar-refractivity contribution in [3.8, 4) is 11.1 Å². The minimum absolute atomic E-state index is 0.0432. The molecular formula is C25H27FN4O. The van der Waals surface area contributed by atoms with Crippen molar-refractivity contribution in [1.29, 1.82) is 0 Å². The van der Waals surface area contributed by atoms with Crippen molar-refractivity contribution in [1.82, 2.24) is 19.9 Å². The van der Waals surface area contributed by atoms with Crippen LogP contribution in [0.5, 0.6) is 0 Å². The average molecular weight is 419 g/mol. The molecule has 0 radical (unpaired) electrons. The van der Waals surface area contributed by atoms with Crippen LogP contribution in [0.4, 0.5) is 4.39 Å². The number of aromatic nitrogens is 3. The minimum Gasteiger partial charge on any atom is -0.334 e. The van der Waals surface area contributed by atoms with E-state index in [-0.39, 0.29) is 24.2 Å². The highest BCUT2D eigenvalue weighted by Crippen LogP contribution is 2.36. The first-order valence-corrected chi connectivity index (χ1v) is 10.8. The number of hydrogen-bond donors (Lipinski definition) is 0. The van der Waals surface area contributed by atoms with E-state index in [2.05, 4.69) is 9.97 Å². The van der Waals surface area contributed by atoms with Crippen molar-refractivity contribution in [3.63, 3.8) is 0 Å². The van der Waals surface area contributed by atoms with E-state index in [4.69, 9.17) is 4.98 Å². The van der Waals surface area contributed by atoms with Gasteiger partial charge in [-0.05, 0) is 68.4 Å². The van der Waals surface area contributed by atoms with E-state index in [9.17, 15) is 9.18 Å². The second-order valence-electron chi connectivity index (χ2n) is 8.10. The lowest BCUT2D eigenvalue weighted by atomic mass is 9.92. The van der Waals surface area contributed by atoms with Gasteiger partial charge in [0.2, 0.25) is 5.91 Å². The minimum atomic E-state index is -0.257. The van der Waals surface area contributed by atoms with Gasteiger partial charge in [-0.2, -0.15) is 0 Å². The van der Waals surface area contributed by atoms with Crippen LogP contribution in [-0.2, 0) is 11.2 Å². The van der Waals surface area contributed by atoms with Crippen LogP contribution in [0.2, 0.25) is 0 Å². The Bertz CT molecular complexity index is 1080. The molecule has 1 atom stereocenters. The first kappa shape index (κ1) is 21.1. The molecule has 3 aromatic rings. The summed E-state index contributed by atoms with van der Waals surface area (Å²) in [5.74, 6) is 0.476. The van der Waals surface area contributed by atoms with Crippen LogP contribution in [0, 0.1) is 19.7 Å². The molecule has 160 valence electrons. The molecule has 4 rings (SSSR count). The first-order valence-electron chi connectivity index (χ1n) is 10.8. The molecule has 0 spiro atoms. The quantitative estimate of drug-likeness (QED) is 0.586. The number of amides is 1. The van der Waals surface area contributed by atoms with E-state index in [0.717, 1.165) is 41.6 Å². The number of nitrogens with zero attached hydrogens (tertiary/aromatic N) is 4. The van der Waals surface area contributed by atoms with E-state index in [1.54, 1.807) is 24.4 Å². The Balaban J connectivity index is 1.63. The van der Waals surface area contributed by atoms with Gasteiger partial charge in [-0.3, -0.25) is 9.78 Å². The van der Waals surface area contributed by atoms with Crippen molar-refractivity contribution in [2.45, 2.75) is 52.0 Å². The van der Waals surface area contributed by atoms with Gasteiger partial charge in [0.15, 0.2) is 0 Å². The molecule has 1 saturated heterocycles. The number of hydrogen-bond acceptors (Lipinski definition) is 4. The van der Waals surface area contributed by atoms with Crippen molar-refractivity contribution in [2.75, 3.05) is 6.54 Å². The van der Waals surface area contributed by atoms with Crippen LogP contribution in [0.25, 0.3) is 11.1 Å². The highest BCUT2D eigenvalue weighted by Gasteiger charge is 2.31. The SMILES string of the molecule is Cc1ncc(-c2ccncc2C)c([C@@H]2CCCCN2C(=O)CCc2ccccc2F)n1. The smallest absolute Gasteiger partial charge is 0.223 e. The summed E-state index contributed by atoms with van der Waals surface area (Å²) < 4.78 is 14.0. The second-order valence-corrected chi connectivity index (χ2v) is 8.10. The molecule has 0 N–H and O–H groups in total. The van der Waals surface area contributed by atoms with Gasteiger partial charge in [-0.1, -0.05) is 18.2 Å². The van der Waals surface area contributed by atoms with Gasteiger partial charge < -0.3 is 4.90 Å². The fraction of sp³-hybridized carbons (Fsp3) is 0.360. The molecule has 1 amide bonds. The molecule has 3 heterocycles. The van der Waals surface area contributed by atoms with Crippen LogP contribution < -0.4 is 0 Å². The third-order valence-corrected chi connectivity index (χ3v) is 5.95. The normalized spacial score (nSPS) is 16.4. The summed E-state index contributed by atoms with van der Waals surface area (Å²) >= 11 is 0. The molecule has 0 saturated carbocycles. The zero-order valence-corrected chi connectivity index (χ0v) is 18.0. The Kier molecular flexibility index (Phi) is 6.35.